The topological polar surface area (TPSA) is 57.2 Å². The van der Waals surface area contributed by atoms with Crippen molar-refractivity contribution in [3.05, 3.63) is 30.3 Å². The van der Waals surface area contributed by atoms with Gasteiger partial charge in [0.05, 0.1) is 4.90 Å². The van der Waals surface area contributed by atoms with Crippen molar-refractivity contribution in [2.75, 3.05) is 0 Å². The zero-order valence-electron chi connectivity index (χ0n) is 5.47. The van der Waals surface area contributed by atoms with E-state index in [1.165, 1.54) is 24.3 Å². The van der Waals surface area contributed by atoms with Crippen molar-refractivity contribution in [3.63, 3.8) is 0 Å². The lowest BCUT2D eigenvalue weighted by Crippen LogP contribution is -3.00. The molecule has 1 rings (SSSR count). The molecule has 0 radical (unpaired) electrons. The average molecular weight is 286 g/mol. The van der Waals surface area contributed by atoms with Crippen LogP contribution >= 0.6 is 0 Å². The lowest BCUT2D eigenvalue weighted by Gasteiger charge is -2.04. The molecule has 11 heavy (non-hydrogen) atoms. The van der Waals surface area contributed by atoms with Gasteiger partial charge in [-0.15, -0.1) is 0 Å². The van der Waals surface area contributed by atoms with Crippen molar-refractivity contribution >= 4 is 10.1 Å². The summed E-state index contributed by atoms with van der Waals surface area (Å²) in [4.78, 5) is -0.185. The second-order valence-electron chi connectivity index (χ2n) is 1.77. The third kappa shape index (κ3) is 3.17. The first-order chi connectivity index (χ1) is 4.61. The van der Waals surface area contributed by atoms with E-state index in [1.54, 1.807) is 6.07 Å². The van der Waals surface area contributed by atoms with Crippen LogP contribution in [0.2, 0.25) is 0 Å². The van der Waals surface area contributed by atoms with E-state index in [2.05, 4.69) is 0 Å². The molecule has 0 N–H and O–H groups in total. The zero-order valence-corrected chi connectivity index (χ0v) is 8.84. The molecule has 0 saturated heterocycles. The Morgan fingerprint density at radius 2 is 1.55 bits per heavy atom. The van der Waals surface area contributed by atoms with Crippen LogP contribution in [0.25, 0.3) is 0 Å². The van der Waals surface area contributed by atoms with Gasteiger partial charge in [0.1, 0.15) is 10.1 Å². The fourth-order valence-corrected chi connectivity index (χ4v) is 1.08. The summed E-state index contributed by atoms with van der Waals surface area (Å²) < 4.78 is 30.8. The number of hydrogen-bond acceptors (Lipinski definition) is 3. The van der Waals surface area contributed by atoms with Crippen LogP contribution in [0.15, 0.2) is 35.2 Å². The van der Waals surface area contributed by atoms with Crippen LogP contribution in [0.1, 0.15) is 0 Å². The Morgan fingerprint density at radius 1 is 1.09 bits per heavy atom. The van der Waals surface area contributed by atoms with Gasteiger partial charge >= 0.3 is 0 Å². The van der Waals surface area contributed by atoms with Crippen LogP contribution in [0, 0.1) is 0 Å². The minimum atomic E-state index is -4.25. The highest BCUT2D eigenvalue weighted by Gasteiger charge is 1.95. The summed E-state index contributed by atoms with van der Waals surface area (Å²) in [5, 5.41) is 0. The smallest absolute Gasteiger partial charge is 0.235 e. The lowest BCUT2D eigenvalue weighted by atomic mass is 10.4. The highest BCUT2D eigenvalue weighted by Crippen LogP contribution is 2.04. The Balaban J connectivity index is 0.000001000. The first-order valence-electron chi connectivity index (χ1n) is 2.61. The van der Waals surface area contributed by atoms with Gasteiger partial charge in [-0.2, -0.15) is 0 Å². The normalized spacial score (nSPS) is 10.3. The van der Waals surface area contributed by atoms with Crippen molar-refractivity contribution in [3.8, 4) is 0 Å². The van der Waals surface area contributed by atoms with Crippen molar-refractivity contribution < 1.29 is 36.9 Å². The maximum absolute atomic E-state index is 10.3. The van der Waals surface area contributed by atoms with Crippen molar-refractivity contribution in [2.45, 2.75) is 4.90 Å². The molecule has 0 aromatic heterocycles. The minimum Gasteiger partial charge on any atom is -0.744 e. The summed E-state index contributed by atoms with van der Waals surface area (Å²) >= 11 is 0. The fourth-order valence-electron chi connectivity index (χ4n) is 0.587. The monoisotopic (exact) mass is 286 g/mol. The van der Waals surface area contributed by atoms with Gasteiger partial charge in [0.15, 0.2) is 0 Å². The van der Waals surface area contributed by atoms with Gasteiger partial charge in [-0.3, -0.25) is 0 Å². The summed E-state index contributed by atoms with van der Waals surface area (Å²) in [5.41, 5.74) is 0. The van der Waals surface area contributed by atoms with Crippen LogP contribution < -0.4 is 24.0 Å². The third-order valence-electron chi connectivity index (χ3n) is 1.03. The molecular weight excluding hydrogens is 279 g/mol. The summed E-state index contributed by atoms with van der Waals surface area (Å²) in [6.07, 6.45) is 0. The van der Waals surface area contributed by atoms with Gasteiger partial charge in [-0.25, -0.2) is 8.42 Å². The van der Waals surface area contributed by atoms with Gasteiger partial charge in [-0.1, -0.05) is 18.2 Å². The fraction of sp³-hybridized carbons (Fsp3) is 0. The molecule has 0 atom stereocenters. The molecule has 0 spiro atoms. The Bertz CT molecular complexity index is 306. The molecule has 0 fully saturated rings. The first kappa shape index (κ1) is 10.9. The van der Waals surface area contributed by atoms with E-state index in [-0.39, 0.29) is 28.9 Å². The molecule has 0 aliphatic heterocycles. The maximum atomic E-state index is 10.3. The average Bonchev–Trinajstić information content (AvgIpc) is 1.88. The van der Waals surface area contributed by atoms with E-state index in [4.69, 9.17) is 0 Å². The molecular formula is C6H7IO3S. The van der Waals surface area contributed by atoms with Crippen LogP contribution in [0.5, 0.6) is 0 Å². The van der Waals surface area contributed by atoms with E-state index < -0.39 is 10.1 Å². The maximum Gasteiger partial charge on any atom is 0.235 e. The molecule has 0 aliphatic carbocycles. The summed E-state index contributed by atoms with van der Waals surface area (Å²) in [6, 6.07) is 7.19. The number of halogens is 1. The lowest BCUT2D eigenvalue weighted by molar-refractivity contribution is -0.00000635. The van der Waals surface area contributed by atoms with Crippen molar-refractivity contribution in [1.82, 2.24) is 0 Å². The predicted octanol–water partition coefficient (Wildman–Crippen LogP) is -2.94. The van der Waals surface area contributed by atoms with Crippen molar-refractivity contribution in [2.24, 2.45) is 0 Å². The van der Waals surface area contributed by atoms with Gasteiger partial charge in [0.2, 0.25) is 24.0 Å². The Kier molecular flexibility index (Phi) is 3.98. The Morgan fingerprint density at radius 3 is 1.82 bits per heavy atom. The molecule has 1 aromatic rings. The number of rotatable bonds is 1. The van der Waals surface area contributed by atoms with Gasteiger partial charge in [-0.05, 0) is 12.1 Å². The largest absolute Gasteiger partial charge is 0.744 e. The van der Waals surface area contributed by atoms with Crippen molar-refractivity contribution in [1.29, 1.82) is 0 Å². The molecule has 1 aromatic carbocycles. The molecule has 0 unspecified atom stereocenters. The quantitative estimate of drug-likeness (QED) is 0.410. The highest BCUT2D eigenvalue weighted by molar-refractivity contribution is 7.85. The van der Waals surface area contributed by atoms with Gasteiger partial charge < -0.3 is 4.55 Å². The third-order valence-corrected chi connectivity index (χ3v) is 1.88. The second kappa shape index (κ2) is 4.03. The Labute approximate surface area is 82.2 Å². The van der Waals surface area contributed by atoms with E-state index in [9.17, 15) is 13.0 Å². The molecule has 0 heterocycles. The minimum absolute atomic E-state index is 0. The number of hydrogen-bond donors (Lipinski definition) is 0. The number of benzene rings is 1. The van der Waals surface area contributed by atoms with E-state index in [0.717, 1.165) is 0 Å². The SMILES string of the molecule is O=S(=O)([O-])c1ccccc1.[IH2+]. The van der Waals surface area contributed by atoms with Gasteiger partial charge in [0, 0.05) is 0 Å². The summed E-state index contributed by atoms with van der Waals surface area (Å²) in [6.45, 7) is 0. The van der Waals surface area contributed by atoms with Crippen LogP contribution in [0.3, 0.4) is 0 Å². The first-order valence-corrected chi connectivity index (χ1v) is 4.02. The molecule has 62 valence electrons. The zero-order chi connectivity index (χ0) is 7.61. The standard InChI is InChI=1S/C6H6O3S.H2I/c7-10(8,9)6-4-2-1-3-5-6;/h1-5H,(H,7,8,9);1H2/q;+1/p-1. The van der Waals surface area contributed by atoms with E-state index in [1.807, 2.05) is 0 Å². The van der Waals surface area contributed by atoms with Gasteiger partial charge in [0.25, 0.3) is 0 Å². The molecule has 5 heteroatoms. The highest BCUT2D eigenvalue weighted by atomic mass is 127. The van der Waals surface area contributed by atoms with E-state index in [0.29, 0.717) is 0 Å². The Hall–Kier alpha value is -0.140. The molecule has 0 amide bonds. The van der Waals surface area contributed by atoms with E-state index >= 15 is 0 Å². The molecule has 0 aliphatic rings. The molecule has 0 saturated carbocycles. The summed E-state index contributed by atoms with van der Waals surface area (Å²) in [7, 11) is -4.25. The predicted molar refractivity (Wildman–Crippen MR) is 37.2 cm³/mol. The van der Waals surface area contributed by atoms with Crippen LogP contribution in [0.4, 0.5) is 0 Å². The summed E-state index contributed by atoms with van der Waals surface area (Å²) in [5.74, 6) is 0. The molecule has 0 bridgehead atoms. The second-order valence-corrected chi connectivity index (χ2v) is 3.15. The molecule has 3 nitrogen and oxygen atoms in total. The van der Waals surface area contributed by atoms with Crippen LogP contribution in [-0.4, -0.2) is 13.0 Å². The van der Waals surface area contributed by atoms with Crippen LogP contribution in [-0.2, 0) is 10.1 Å².